The number of benzene rings is 1. The Hall–Kier alpha value is -0.430. The molecule has 6 heteroatoms. The van der Waals surface area contributed by atoms with Gasteiger partial charge in [-0.1, -0.05) is 25.8 Å². The summed E-state index contributed by atoms with van der Waals surface area (Å²) in [7, 11) is -3.50. The van der Waals surface area contributed by atoms with Gasteiger partial charge in [0.25, 0.3) is 0 Å². The molecular weight excluding hydrogens is 340 g/mol. The van der Waals surface area contributed by atoms with Crippen molar-refractivity contribution in [2.75, 3.05) is 6.54 Å². The molecule has 0 aromatic heterocycles. The van der Waals surface area contributed by atoms with Crippen LogP contribution in [0, 0.1) is 5.41 Å². The number of sulfonamides is 1. The van der Waals surface area contributed by atoms with E-state index in [4.69, 9.17) is 5.73 Å². The summed E-state index contributed by atoms with van der Waals surface area (Å²) in [6.07, 6.45) is 4.54. The third kappa shape index (κ3) is 3.61. The molecule has 0 bridgehead atoms. The van der Waals surface area contributed by atoms with Gasteiger partial charge in [-0.15, -0.1) is 0 Å². The fourth-order valence-electron chi connectivity index (χ4n) is 2.63. The molecule has 4 nitrogen and oxygen atoms in total. The Bertz CT molecular complexity index is 581. The van der Waals surface area contributed by atoms with Crippen LogP contribution in [0.3, 0.4) is 0 Å². The number of halogens is 1. The molecule has 0 heterocycles. The van der Waals surface area contributed by atoms with Gasteiger partial charge in [0.05, 0.1) is 4.90 Å². The fourth-order valence-corrected chi connectivity index (χ4v) is 4.84. The standard InChI is InChI=1S/C14H21BrN2O2S/c1-14(6-2-3-7-14)10-17-20(18,19)13-8-11(9-16)4-5-12(13)15/h4-5,8,17H,2-3,6-7,9-10,16H2,1H3. The zero-order valence-corrected chi connectivity index (χ0v) is 14.1. The average molecular weight is 361 g/mol. The van der Waals surface area contributed by atoms with Crippen LogP contribution in [0.1, 0.15) is 38.2 Å². The molecule has 1 aromatic carbocycles. The van der Waals surface area contributed by atoms with Gasteiger partial charge in [0.15, 0.2) is 0 Å². The number of rotatable bonds is 5. The Kier molecular flexibility index (Phi) is 4.89. The van der Waals surface area contributed by atoms with E-state index in [1.165, 1.54) is 12.8 Å². The van der Waals surface area contributed by atoms with Crippen LogP contribution in [0.15, 0.2) is 27.6 Å². The van der Waals surface area contributed by atoms with Crippen molar-refractivity contribution in [3.63, 3.8) is 0 Å². The first-order valence-electron chi connectivity index (χ1n) is 6.84. The summed E-state index contributed by atoms with van der Waals surface area (Å²) < 4.78 is 28.2. The predicted octanol–water partition coefficient (Wildman–Crippen LogP) is 2.77. The molecule has 0 amide bonds. The second-order valence-corrected chi connectivity index (χ2v) is 8.40. The highest BCUT2D eigenvalue weighted by atomic mass is 79.9. The zero-order chi connectivity index (χ0) is 14.8. The fraction of sp³-hybridized carbons (Fsp3) is 0.571. The monoisotopic (exact) mass is 360 g/mol. The van der Waals surface area contributed by atoms with Gasteiger partial charge < -0.3 is 5.73 Å². The lowest BCUT2D eigenvalue weighted by molar-refractivity contribution is 0.336. The smallest absolute Gasteiger partial charge is 0.241 e. The van der Waals surface area contributed by atoms with Gasteiger partial charge in [-0.25, -0.2) is 13.1 Å². The molecule has 3 N–H and O–H groups in total. The lowest BCUT2D eigenvalue weighted by Gasteiger charge is -2.23. The van der Waals surface area contributed by atoms with Crippen LogP contribution in [-0.4, -0.2) is 15.0 Å². The summed E-state index contributed by atoms with van der Waals surface area (Å²) in [6.45, 7) is 2.97. The van der Waals surface area contributed by atoms with E-state index in [1.54, 1.807) is 12.1 Å². The van der Waals surface area contributed by atoms with Gasteiger partial charge in [-0.05, 0) is 51.9 Å². The van der Waals surface area contributed by atoms with Crippen LogP contribution in [-0.2, 0) is 16.6 Å². The summed E-state index contributed by atoms with van der Waals surface area (Å²) in [4.78, 5) is 0.266. The first-order chi connectivity index (χ1) is 9.36. The molecule has 0 unspecified atom stereocenters. The third-order valence-corrected chi connectivity index (χ3v) is 6.42. The van der Waals surface area contributed by atoms with Crippen molar-refractivity contribution in [3.8, 4) is 0 Å². The summed E-state index contributed by atoms with van der Waals surface area (Å²) in [5.74, 6) is 0. The lowest BCUT2D eigenvalue weighted by Crippen LogP contribution is -2.34. The topological polar surface area (TPSA) is 72.2 Å². The summed E-state index contributed by atoms with van der Waals surface area (Å²) in [6, 6.07) is 5.18. The van der Waals surface area contributed by atoms with Crippen molar-refractivity contribution >= 4 is 26.0 Å². The quantitative estimate of drug-likeness (QED) is 0.847. The van der Waals surface area contributed by atoms with Gasteiger partial charge in [0.1, 0.15) is 0 Å². The van der Waals surface area contributed by atoms with Gasteiger partial charge in [-0.2, -0.15) is 0 Å². The molecule has 0 radical (unpaired) electrons. The lowest BCUT2D eigenvalue weighted by atomic mass is 9.89. The molecule has 0 atom stereocenters. The number of hydrogen-bond acceptors (Lipinski definition) is 3. The van der Waals surface area contributed by atoms with Crippen LogP contribution in [0.2, 0.25) is 0 Å². The molecule has 20 heavy (non-hydrogen) atoms. The maximum atomic E-state index is 12.4. The second kappa shape index (κ2) is 6.13. The Morgan fingerprint density at radius 1 is 1.35 bits per heavy atom. The van der Waals surface area contributed by atoms with Gasteiger partial charge >= 0.3 is 0 Å². The van der Waals surface area contributed by atoms with Crippen molar-refractivity contribution in [1.82, 2.24) is 4.72 Å². The summed E-state index contributed by atoms with van der Waals surface area (Å²) in [5, 5.41) is 0. The van der Waals surface area contributed by atoms with Gasteiger partial charge in [0.2, 0.25) is 10.0 Å². The molecule has 1 aliphatic carbocycles. The molecule has 0 spiro atoms. The molecule has 112 valence electrons. The highest BCUT2D eigenvalue weighted by Crippen LogP contribution is 2.37. The van der Waals surface area contributed by atoms with E-state index in [0.29, 0.717) is 17.6 Å². The van der Waals surface area contributed by atoms with Crippen LogP contribution >= 0.6 is 15.9 Å². The Balaban J connectivity index is 2.17. The van der Waals surface area contributed by atoms with Crippen LogP contribution in [0.25, 0.3) is 0 Å². The number of nitrogens with two attached hydrogens (primary N) is 1. The molecule has 0 saturated heterocycles. The van der Waals surface area contributed by atoms with Crippen LogP contribution in [0.5, 0.6) is 0 Å². The average Bonchev–Trinajstić information content (AvgIpc) is 2.85. The molecule has 1 fully saturated rings. The van der Waals surface area contributed by atoms with Crippen molar-refractivity contribution in [3.05, 3.63) is 28.2 Å². The molecule has 1 saturated carbocycles. The van der Waals surface area contributed by atoms with E-state index in [1.807, 2.05) is 6.07 Å². The highest BCUT2D eigenvalue weighted by Gasteiger charge is 2.30. The SMILES string of the molecule is CC1(CNS(=O)(=O)c2cc(CN)ccc2Br)CCCC1. The second-order valence-electron chi connectivity index (χ2n) is 5.81. The molecule has 2 rings (SSSR count). The Morgan fingerprint density at radius 3 is 2.60 bits per heavy atom. The minimum Gasteiger partial charge on any atom is -0.326 e. The predicted molar refractivity (Wildman–Crippen MR) is 83.8 cm³/mol. The van der Waals surface area contributed by atoms with Crippen molar-refractivity contribution in [2.45, 2.75) is 44.0 Å². The molecule has 1 aliphatic rings. The van der Waals surface area contributed by atoms with E-state index < -0.39 is 10.0 Å². The van der Waals surface area contributed by atoms with Crippen LogP contribution in [0.4, 0.5) is 0 Å². The first kappa shape index (κ1) is 15.9. The van der Waals surface area contributed by atoms with Gasteiger partial charge in [0, 0.05) is 17.6 Å². The largest absolute Gasteiger partial charge is 0.326 e. The van der Waals surface area contributed by atoms with E-state index in [2.05, 4.69) is 27.6 Å². The van der Waals surface area contributed by atoms with Crippen molar-refractivity contribution in [1.29, 1.82) is 0 Å². The van der Waals surface area contributed by atoms with E-state index >= 15 is 0 Å². The van der Waals surface area contributed by atoms with E-state index in [-0.39, 0.29) is 10.3 Å². The number of nitrogens with one attached hydrogen (secondary N) is 1. The summed E-state index contributed by atoms with van der Waals surface area (Å²) in [5.41, 5.74) is 6.47. The Morgan fingerprint density at radius 2 is 2.00 bits per heavy atom. The zero-order valence-electron chi connectivity index (χ0n) is 11.7. The molecular formula is C14H21BrN2O2S. The summed E-state index contributed by atoms with van der Waals surface area (Å²) >= 11 is 3.30. The van der Waals surface area contributed by atoms with Gasteiger partial charge in [-0.3, -0.25) is 0 Å². The third-order valence-electron chi connectivity index (χ3n) is 4.02. The maximum absolute atomic E-state index is 12.4. The van der Waals surface area contributed by atoms with Crippen molar-refractivity contribution < 1.29 is 8.42 Å². The minimum atomic E-state index is -3.50. The number of hydrogen-bond donors (Lipinski definition) is 2. The molecule has 1 aromatic rings. The first-order valence-corrected chi connectivity index (χ1v) is 9.12. The molecule has 0 aliphatic heterocycles. The Labute approximate surface area is 129 Å². The van der Waals surface area contributed by atoms with Crippen molar-refractivity contribution in [2.24, 2.45) is 11.1 Å². The maximum Gasteiger partial charge on any atom is 0.241 e. The van der Waals surface area contributed by atoms with Crippen LogP contribution < -0.4 is 10.5 Å². The van der Waals surface area contributed by atoms with E-state index in [9.17, 15) is 8.42 Å². The van der Waals surface area contributed by atoms with E-state index in [0.717, 1.165) is 18.4 Å². The highest BCUT2D eigenvalue weighted by molar-refractivity contribution is 9.10. The minimum absolute atomic E-state index is 0.0883. The normalized spacial score (nSPS) is 18.4.